The molecule has 0 aliphatic carbocycles. The van der Waals surface area contributed by atoms with Crippen LogP contribution in [0, 0.1) is 5.82 Å². The average molecular weight is 517 g/mol. The molecule has 0 aliphatic heterocycles. The first-order chi connectivity index (χ1) is 16.4. The number of benzene rings is 1. The molecule has 1 N–H and O–H groups in total. The monoisotopic (exact) mass is 516 g/mol. The Hall–Kier alpha value is -2.91. The van der Waals surface area contributed by atoms with Crippen molar-refractivity contribution in [1.29, 1.82) is 0 Å². The lowest BCUT2D eigenvalue weighted by Gasteiger charge is -2.28. The fraction of sp³-hybridized carbons (Fsp3) is 0.125. The van der Waals surface area contributed by atoms with E-state index in [4.69, 9.17) is 28.2 Å². The Bertz CT molecular complexity index is 1280. The minimum atomic E-state index is -2.76. The maximum absolute atomic E-state index is 13.8. The van der Waals surface area contributed by atoms with Crippen molar-refractivity contribution in [1.82, 2.24) is 19.7 Å². The minimum absolute atomic E-state index is 0.0539. The second kappa shape index (κ2) is 11.0. The number of hydrogen-bond donors (Lipinski definition) is 2. The van der Waals surface area contributed by atoms with Crippen LogP contribution in [0.1, 0.15) is 39.9 Å². The van der Waals surface area contributed by atoms with E-state index in [9.17, 15) is 12.8 Å². The van der Waals surface area contributed by atoms with Crippen LogP contribution >= 0.6 is 23.2 Å². The van der Waals surface area contributed by atoms with E-state index >= 15 is 0 Å². The predicted molar refractivity (Wildman–Crippen MR) is 130 cm³/mol. The number of thiol groups is 1. The van der Waals surface area contributed by atoms with E-state index in [0.717, 1.165) is 16.7 Å². The van der Waals surface area contributed by atoms with Crippen molar-refractivity contribution >= 4 is 34.1 Å². The highest BCUT2D eigenvalue weighted by molar-refractivity contribution is 7.70. The minimum Gasteiger partial charge on any atom is -0.256 e. The highest BCUT2D eigenvalue weighted by Gasteiger charge is 2.30. The van der Waals surface area contributed by atoms with Crippen LogP contribution < -0.4 is 4.72 Å². The van der Waals surface area contributed by atoms with Gasteiger partial charge in [-0.15, -0.1) is 0 Å². The molecule has 4 aromatic rings. The summed E-state index contributed by atoms with van der Waals surface area (Å²) >= 11 is 12.1. The molecule has 0 aliphatic rings. The normalized spacial score (nSPS) is 12.3. The summed E-state index contributed by atoms with van der Waals surface area (Å²) in [6, 6.07) is 18.8. The summed E-state index contributed by atoms with van der Waals surface area (Å²) in [7, 11) is -2.76. The van der Waals surface area contributed by atoms with Crippen molar-refractivity contribution in [3.05, 3.63) is 123 Å². The maximum Gasteiger partial charge on any atom is 0.201 e. The van der Waals surface area contributed by atoms with Gasteiger partial charge in [-0.1, -0.05) is 53.5 Å². The van der Waals surface area contributed by atoms with Gasteiger partial charge in [-0.05, 0) is 53.1 Å². The van der Waals surface area contributed by atoms with Crippen LogP contribution in [0.5, 0.6) is 0 Å². The number of pyridine rings is 3. The van der Waals surface area contributed by atoms with Gasteiger partial charge < -0.3 is 0 Å². The maximum atomic E-state index is 13.8. The summed E-state index contributed by atoms with van der Waals surface area (Å²) in [6.07, 6.45) is 3.37. The van der Waals surface area contributed by atoms with Gasteiger partial charge in [0.1, 0.15) is 16.1 Å². The Kier molecular flexibility index (Phi) is 7.84. The van der Waals surface area contributed by atoms with E-state index in [-0.39, 0.29) is 24.2 Å². The quantitative estimate of drug-likeness (QED) is 0.257. The van der Waals surface area contributed by atoms with E-state index in [1.54, 1.807) is 42.7 Å². The highest BCUT2D eigenvalue weighted by Crippen LogP contribution is 2.42. The third kappa shape index (κ3) is 5.95. The Morgan fingerprint density at radius 2 is 1.38 bits per heavy atom. The molecular formula is C24H19Cl2FN4O2S. The number of hydrogen-bond acceptors (Lipinski definition) is 5. The molecule has 0 saturated carbocycles. The molecule has 1 aromatic carbocycles. The fourth-order valence-electron chi connectivity index (χ4n) is 3.84. The molecule has 0 spiro atoms. The number of aromatic nitrogens is 3. The van der Waals surface area contributed by atoms with Gasteiger partial charge in [0.05, 0.1) is 12.2 Å². The molecular weight excluding hydrogens is 498 g/mol. The van der Waals surface area contributed by atoms with Crippen LogP contribution in [-0.4, -0.2) is 23.4 Å². The van der Waals surface area contributed by atoms with Gasteiger partial charge in [-0.2, -0.15) is 0 Å². The van der Waals surface area contributed by atoms with Crippen molar-refractivity contribution in [2.24, 2.45) is 0 Å². The third-order valence-electron chi connectivity index (χ3n) is 5.32. The van der Waals surface area contributed by atoms with Crippen LogP contribution in [0.25, 0.3) is 0 Å². The summed E-state index contributed by atoms with van der Waals surface area (Å²) in [5, 5.41) is 0.709. The Morgan fingerprint density at radius 3 is 1.91 bits per heavy atom. The van der Waals surface area contributed by atoms with Crippen molar-refractivity contribution < 1.29 is 12.8 Å². The van der Waals surface area contributed by atoms with Gasteiger partial charge in [0.15, 0.2) is 0 Å². The average Bonchev–Trinajstić information content (AvgIpc) is 2.84. The smallest absolute Gasteiger partial charge is 0.201 e. The molecule has 0 amide bonds. The number of rotatable bonds is 8. The molecule has 1 unspecified atom stereocenters. The van der Waals surface area contributed by atoms with Gasteiger partial charge in [0, 0.05) is 29.9 Å². The van der Waals surface area contributed by atoms with Crippen molar-refractivity contribution in [3.63, 3.8) is 0 Å². The van der Waals surface area contributed by atoms with E-state index < -0.39 is 10.9 Å². The van der Waals surface area contributed by atoms with Crippen LogP contribution in [0.3, 0.4) is 0 Å². The lowest BCUT2D eigenvalue weighted by molar-refractivity contribution is 0.600. The topological polar surface area (TPSA) is 84.8 Å². The van der Waals surface area contributed by atoms with Crippen LogP contribution in [0.15, 0.2) is 79.1 Å². The van der Waals surface area contributed by atoms with Gasteiger partial charge in [0.25, 0.3) is 0 Å². The van der Waals surface area contributed by atoms with Crippen LogP contribution in [-0.2, 0) is 17.4 Å². The lowest BCUT2D eigenvalue weighted by Crippen LogP contribution is -2.18. The Labute approximate surface area is 207 Å². The van der Waals surface area contributed by atoms with Gasteiger partial charge in [0.2, 0.25) is 10.9 Å². The van der Waals surface area contributed by atoms with Crippen molar-refractivity contribution in [2.45, 2.75) is 18.4 Å². The van der Waals surface area contributed by atoms with E-state index in [2.05, 4.69) is 14.7 Å². The Balaban J connectivity index is 1.90. The first kappa shape index (κ1) is 24.2. The standard InChI is InChI=1S/C24H19Cl2FN4O2S/c25-21-10-6-16(12-28-21)23(17-7-11-22(26)29-13-17)24(15-4-8-18(27)9-5-15)20-3-1-2-19(31-20)14-30-34(32)33/h1-13,23-24,34H,14H2,(H,30,32,33). The largest absolute Gasteiger partial charge is 0.256 e. The summed E-state index contributed by atoms with van der Waals surface area (Å²) in [5.41, 5.74) is 3.71. The molecule has 1 atom stereocenters. The second-order valence-electron chi connectivity index (χ2n) is 7.48. The second-order valence-corrected chi connectivity index (χ2v) is 9.09. The summed E-state index contributed by atoms with van der Waals surface area (Å²) in [4.78, 5) is 13.2. The Morgan fingerprint density at radius 1 is 0.794 bits per heavy atom. The van der Waals surface area contributed by atoms with Gasteiger partial charge in [-0.3, -0.25) is 4.98 Å². The van der Waals surface area contributed by atoms with Crippen LogP contribution in [0.4, 0.5) is 4.39 Å². The summed E-state index contributed by atoms with van der Waals surface area (Å²) in [6.45, 7) is 0.0539. The summed E-state index contributed by atoms with van der Waals surface area (Å²) in [5.74, 6) is -1.06. The molecule has 174 valence electrons. The first-order valence-electron chi connectivity index (χ1n) is 10.2. The van der Waals surface area contributed by atoms with E-state index in [0.29, 0.717) is 21.7 Å². The molecule has 0 radical (unpaired) electrons. The lowest BCUT2D eigenvalue weighted by atomic mass is 9.76. The third-order valence-corrected chi connectivity index (χ3v) is 6.18. The zero-order valence-electron chi connectivity index (χ0n) is 17.6. The molecule has 3 heterocycles. The van der Waals surface area contributed by atoms with Crippen LogP contribution in [0.2, 0.25) is 10.3 Å². The first-order valence-corrected chi connectivity index (χ1v) is 12.2. The zero-order chi connectivity index (χ0) is 24.1. The highest BCUT2D eigenvalue weighted by atomic mass is 35.5. The molecule has 0 saturated heterocycles. The molecule has 6 nitrogen and oxygen atoms in total. The molecule has 0 fully saturated rings. The fourth-order valence-corrected chi connectivity index (χ4v) is 4.35. The van der Waals surface area contributed by atoms with Gasteiger partial charge >= 0.3 is 0 Å². The van der Waals surface area contributed by atoms with Gasteiger partial charge in [-0.25, -0.2) is 27.5 Å². The number of nitrogens with one attached hydrogen (secondary N) is 1. The SMILES string of the molecule is O=[SH](=O)NCc1cccc(C(c2ccc(F)cc2)C(c2ccc(Cl)nc2)c2ccc(Cl)nc2)n1. The van der Waals surface area contributed by atoms with Crippen molar-refractivity contribution in [2.75, 3.05) is 0 Å². The molecule has 3 aromatic heterocycles. The molecule has 10 heteroatoms. The zero-order valence-corrected chi connectivity index (χ0v) is 20.0. The molecule has 34 heavy (non-hydrogen) atoms. The number of nitrogens with zero attached hydrogens (tertiary/aromatic N) is 3. The van der Waals surface area contributed by atoms with E-state index in [1.807, 2.05) is 24.3 Å². The number of halogens is 3. The van der Waals surface area contributed by atoms with Crippen molar-refractivity contribution in [3.8, 4) is 0 Å². The predicted octanol–water partition coefficient (Wildman–Crippen LogP) is 4.90. The molecule has 0 bridgehead atoms. The molecule has 4 rings (SSSR count). The van der Waals surface area contributed by atoms with E-state index in [1.165, 1.54) is 12.1 Å². The summed E-state index contributed by atoms with van der Waals surface area (Å²) < 4.78 is 38.2.